The molecule has 148 valence electrons. The molecule has 0 fully saturated rings. The molecule has 0 amide bonds. The van der Waals surface area contributed by atoms with Crippen LogP contribution in [0, 0.1) is 5.25 Å². The topological polar surface area (TPSA) is 0 Å². The van der Waals surface area contributed by atoms with Gasteiger partial charge in [-0.3, -0.25) is 0 Å². The van der Waals surface area contributed by atoms with Gasteiger partial charge in [-0.1, -0.05) is 78.0 Å². The van der Waals surface area contributed by atoms with Crippen molar-refractivity contribution >= 4 is 28.0 Å². The lowest BCUT2D eigenvalue weighted by molar-refractivity contribution is 1.38. The van der Waals surface area contributed by atoms with Crippen molar-refractivity contribution in [3.05, 3.63) is 149 Å². The van der Waals surface area contributed by atoms with Crippen molar-refractivity contribution < 1.29 is 0 Å². The summed E-state index contributed by atoms with van der Waals surface area (Å²) in [4.78, 5) is 1.35. The molecule has 30 heavy (non-hydrogen) atoms. The second-order valence-corrected chi connectivity index (χ2v) is 9.03. The summed E-state index contributed by atoms with van der Waals surface area (Å²) < 4.78 is 0. The fourth-order valence-electron chi connectivity index (χ4n) is 3.31. The maximum atomic E-state index is 2.20. The highest BCUT2D eigenvalue weighted by atomic mass is 32.2. The molecule has 0 spiro atoms. The molecule has 0 aliphatic heterocycles. The Balaban J connectivity index is 1.52. The Morgan fingerprint density at radius 3 is 1.40 bits per heavy atom. The summed E-state index contributed by atoms with van der Waals surface area (Å²) >= 11 is 3.89. The Morgan fingerprint density at radius 1 is 0.567 bits per heavy atom. The van der Waals surface area contributed by atoms with Gasteiger partial charge in [0.1, 0.15) is 0 Å². The molecule has 4 aromatic carbocycles. The van der Waals surface area contributed by atoms with Crippen molar-refractivity contribution in [1.29, 1.82) is 0 Å². The van der Waals surface area contributed by atoms with E-state index >= 15 is 0 Å². The number of benzene rings is 4. The van der Waals surface area contributed by atoms with Crippen LogP contribution in [-0.2, 0) is 11.4 Å². The highest BCUT2D eigenvalue weighted by Gasteiger charge is 2.16. The molecular formula is C28H24S2. The monoisotopic (exact) mass is 424 g/mol. The highest BCUT2D eigenvalue weighted by Crippen LogP contribution is 2.34. The maximum Gasteiger partial charge on any atom is 0.238 e. The molecule has 0 aromatic heterocycles. The first-order valence-corrected chi connectivity index (χ1v) is 12.1. The summed E-state index contributed by atoms with van der Waals surface area (Å²) in [5.41, 5.74) is 5.14. The van der Waals surface area contributed by atoms with E-state index in [9.17, 15) is 0 Å². The average molecular weight is 425 g/mol. The molecule has 0 nitrogen and oxygen atoms in total. The van der Waals surface area contributed by atoms with Crippen LogP contribution in [0.5, 0.6) is 0 Å². The van der Waals surface area contributed by atoms with E-state index in [4.69, 9.17) is 0 Å². The minimum Gasteiger partial charge on any atom is -0.162 e. The van der Waals surface area contributed by atoms with Crippen LogP contribution in [0.2, 0.25) is 0 Å². The van der Waals surface area contributed by atoms with Gasteiger partial charge in [0.15, 0.2) is 17.1 Å². The summed E-state index contributed by atoms with van der Waals surface area (Å²) in [6.07, 6.45) is 0. The fourth-order valence-corrected chi connectivity index (χ4v) is 5.60. The zero-order valence-corrected chi connectivity index (χ0v) is 18.4. The first kappa shape index (κ1) is 20.5. The highest BCUT2D eigenvalue weighted by molar-refractivity contribution is 8.03. The van der Waals surface area contributed by atoms with Gasteiger partial charge < -0.3 is 0 Å². The number of hydrogen-bond acceptors (Lipinski definition) is 1. The second kappa shape index (κ2) is 10.8. The van der Waals surface area contributed by atoms with Crippen LogP contribution in [0.15, 0.2) is 121 Å². The number of hydrogen-bond donors (Lipinski definition) is 0. The Bertz CT molecular complexity index is 962. The van der Waals surface area contributed by atoms with Gasteiger partial charge in [-0.05, 0) is 24.3 Å². The second-order valence-electron chi connectivity index (χ2n) is 6.82. The van der Waals surface area contributed by atoms with Crippen molar-refractivity contribution in [3.8, 4) is 0 Å². The summed E-state index contributed by atoms with van der Waals surface area (Å²) in [5, 5.41) is 1.35. The zero-order valence-electron chi connectivity index (χ0n) is 16.8. The van der Waals surface area contributed by atoms with Crippen molar-refractivity contribution in [3.63, 3.8) is 0 Å². The molecular weight excluding hydrogens is 400 g/mol. The van der Waals surface area contributed by atoms with Gasteiger partial charge in [-0.25, -0.2) is 0 Å². The van der Waals surface area contributed by atoms with Gasteiger partial charge in [0.2, 0.25) is 4.86 Å². The molecule has 0 N–H and O–H groups in total. The van der Waals surface area contributed by atoms with E-state index in [1.165, 1.54) is 32.4 Å². The minimum absolute atomic E-state index is 1.05. The molecule has 0 aliphatic carbocycles. The number of rotatable bonds is 8. The van der Waals surface area contributed by atoms with E-state index in [1.807, 2.05) is 23.1 Å². The minimum atomic E-state index is 1.05. The predicted octanol–water partition coefficient (Wildman–Crippen LogP) is 6.70. The Kier molecular flexibility index (Phi) is 7.38. The first-order valence-electron chi connectivity index (χ1n) is 10.1. The molecule has 0 unspecified atom stereocenters. The first-order chi connectivity index (χ1) is 14.9. The van der Waals surface area contributed by atoms with Crippen molar-refractivity contribution in [2.75, 3.05) is 11.5 Å². The lowest BCUT2D eigenvalue weighted by Gasteiger charge is -2.23. The van der Waals surface area contributed by atoms with Gasteiger partial charge in [-0.2, -0.15) is 11.8 Å². The third-order valence-corrected chi connectivity index (χ3v) is 7.32. The Morgan fingerprint density at radius 2 is 0.967 bits per heavy atom. The van der Waals surface area contributed by atoms with Gasteiger partial charge in [-0.15, -0.1) is 35.4 Å². The molecule has 0 atom stereocenters. The predicted molar refractivity (Wildman–Crippen MR) is 135 cm³/mol. The molecule has 2 heteroatoms. The smallest absolute Gasteiger partial charge is 0.162 e. The van der Waals surface area contributed by atoms with Crippen molar-refractivity contribution in [1.82, 2.24) is 0 Å². The molecule has 0 aliphatic rings. The molecule has 4 rings (SSSR count). The molecule has 0 radical (unpaired) electrons. The van der Waals surface area contributed by atoms with E-state index in [1.54, 1.807) is 0 Å². The Hall–Kier alpha value is -2.81. The van der Waals surface area contributed by atoms with Crippen LogP contribution in [-0.4, -0.2) is 16.4 Å². The van der Waals surface area contributed by atoms with Gasteiger partial charge in [0.25, 0.3) is 0 Å². The lowest BCUT2D eigenvalue weighted by Crippen LogP contribution is -2.08. The van der Waals surface area contributed by atoms with E-state index in [0.717, 1.165) is 11.5 Å². The van der Waals surface area contributed by atoms with Crippen LogP contribution in [0.25, 0.3) is 0 Å². The molecule has 0 saturated carbocycles. The van der Waals surface area contributed by atoms with Gasteiger partial charge >= 0.3 is 0 Å². The summed E-state index contributed by atoms with van der Waals surface area (Å²) in [6, 6.07) is 42.8. The normalized spacial score (nSPS) is 10.4. The van der Waals surface area contributed by atoms with Crippen molar-refractivity contribution in [2.45, 2.75) is 0 Å². The van der Waals surface area contributed by atoms with Crippen LogP contribution in [0.3, 0.4) is 0 Å². The summed E-state index contributed by atoms with van der Waals surface area (Å²) in [5.74, 6) is 2.10. The maximum absolute atomic E-state index is 2.20. The number of thioether (sulfide) groups is 1. The van der Waals surface area contributed by atoms with Gasteiger partial charge in [0, 0.05) is 16.9 Å². The Labute approximate surface area is 188 Å². The lowest BCUT2D eigenvalue weighted by atomic mass is 10.0. The summed E-state index contributed by atoms with van der Waals surface area (Å²) in [7, 11) is 0. The van der Waals surface area contributed by atoms with Crippen LogP contribution < -0.4 is 0 Å². The van der Waals surface area contributed by atoms with Crippen LogP contribution in [0.4, 0.5) is 0 Å². The van der Waals surface area contributed by atoms with Crippen molar-refractivity contribution in [2.24, 2.45) is 0 Å². The van der Waals surface area contributed by atoms with E-state index < -0.39 is 0 Å². The molecule has 0 heterocycles. The SMILES string of the molecule is c1ccc(C(=[S+]CCS[C-](c2ccccc2)c2ccccc2)c2ccccc2)cc1. The van der Waals surface area contributed by atoms with Gasteiger partial charge in [0.05, 0.1) is 0 Å². The third kappa shape index (κ3) is 5.41. The third-order valence-electron chi connectivity index (χ3n) is 4.72. The van der Waals surface area contributed by atoms with Crippen LogP contribution in [0.1, 0.15) is 22.3 Å². The van der Waals surface area contributed by atoms with E-state index in [2.05, 4.69) is 121 Å². The molecule has 0 saturated heterocycles. The standard InChI is InChI=1S/C28H24S2/c1-5-13-23(14-6-1)27(24-15-7-2-8-16-24)29-21-22-30-28(25-17-9-3-10-18-25)26-19-11-4-12-20-26/h1-20H,21-22H2. The van der Waals surface area contributed by atoms with Crippen LogP contribution >= 0.6 is 11.8 Å². The fraction of sp³-hybridized carbons (Fsp3) is 0.0714. The average Bonchev–Trinajstić information content (AvgIpc) is 2.84. The quantitative estimate of drug-likeness (QED) is 0.0997. The molecule has 0 bridgehead atoms. The molecule has 4 aromatic rings. The largest absolute Gasteiger partial charge is 0.238 e. The summed E-state index contributed by atoms with van der Waals surface area (Å²) in [6.45, 7) is 0. The van der Waals surface area contributed by atoms with E-state index in [-0.39, 0.29) is 0 Å². The zero-order chi connectivity index (χ0) is 20.4. The van der Waals surface area contributed by atoms with E-state index in [0.29, 0.717) is 0 Å².